The molecule has 0 aromatic carbocycles. The van der Waals surface area contributed by atoms with Crippen molar-refractivity contribution in [1.82, 2.24) is 4.98 Å². The Labute approximate surface area is 82.9 Å². The standard InChI is InChI=1S/C10H12ClNO/c1-7(2)9(6-13)8-3-4-12-10(11)5-8/h3-7,9H,1-2H3. The summed E-state index contributed by atoms with van der Waals surface area (Å²) in [5.74, 6) is 0.205. The molecule has 1 atom stereocenters. The number of nitrogens with zero attached hydrogens (tertiary/aromatic N) is 1. The van der Waals surface area contributed by atoms with Gasteiger partial charge in [0, 0.05) is 12.1 Å². The molecule has 0 amide bonds. The molecule has 13 heavy (non-hydrogen) atoms. The molecular weight excluding hydrogens is 186 g/mol. The first-order valence-corrected chi connectivity index (χ1v) is 4.59. The fourth-order valence-electron chi connectivity index (χ4n) is 1.25. The molecule has 2 nitrogen and oxygen atoms in total. The van der Waals surface area contributed by atoms with Crippen LogP contribution in [0.15, 0.2) is 18.3 Å². The zero-order valence-corrected chi connectivity index (χ0v) is 8.45. The summed E-state index contributed by atoms with van der Waals surface area (Å²) in [6.07, 6.45) is 2.58. The van der Waals surface area contributed by atoms with Crippen molar-refractivity contribution in [2.45, 2.75) is 19.8 Å². The van der Waals surface area contributed by atoms with E-state index in [1.807, 2.05) is 19.9 Å². The van der Waals surface area contributed by atoms with E-state index in [0.717, 1.165) is 11.8 Å². The maximum absolute atomic E-state index is 10.8. The molecule has 1 aromatic heterocycles. The molecule has 0 N–H and O–H groups in total. The van der Waals surface area contributed by atoms with Crippen LogP contribution in [0, 0.1) is 5.92 Å². The Kier molecular flexibility index (Phi) is 3.43. The van der Waals surface area contributed by atoms with Gasteiger partial charge in [-0.05, 0) is 23.6 Å². The van der Waals surface area contributed by atoms with E-state index in [4.69, 9.17) is 11.6 Å². The van der Waals surface area contributed by atoms with Gasteiger partial charge in [-0.25, -0.2) is 4.98 Å². The van der Waals surface area contributed by atoms with Crippen LogP contribution in [0.3, 0.4) is 0 Å². The average molecular weight is 198 g/mol. The van der Waals surface area contributed by atoms with E-state index in [9.17, 15) is 4.79 Å². The van der Waals surface area contributed by atoms with Gasteiger partial charge in [-0.1, -0.05) is 25.4 Å². The summed E-state index contributed by atoms with van der Waals surface area (Å²) in [6.45, 7) is 4.01. The van der Waals surface area contributed by atoms with Crippen LogP contribution < -0.4 is 0 Å². The van der Waals surface area contributed by atoms with E-state index < -0.39 is 0 Å². The van der Waals surface area contributed by atoms with Crippen LogP contribution in [0.5, 0.6) is 0 Å². The summed E-state index contributed by atoms with van der Waals surface area (Å²) >= 11 is 5.72. The molecule has 0 fully saturated rings. The van der Waals surface area contributed by atoms with Gasteiger partial charge in [0.2, 0.25) is 0 Å². The normalized spacial score (nSPS) is 12.9. The number of rotatable bonds is 3. The highest BCUT2D eigenvalue weighted by Gasteiger charge is 2.14. The molecule has 1 rings (SSSR count). The minimum atomic E-state index is -0.0829. The highest BCUT2D eigenvalue weighted by atomic mass is 35.5. The lowest BCUT2D eigenvalue weighted by Crippen LogP contribution is -2.07. The molecule has 0 radical (unpaired) electrons. The lowest BCUT2D eigenvalue weighted by molar-refractivity contribution is -0.109. The summed E-state index contributed by atoms with van der Waals surface area (Å²) in [4.78, 5) is 14.7. The molecule has 3 heteroatoms. The van der Waals surface area contributed by atoms with E-state index in [0.29, 0.717) is 5.15 Å². The minimum Gasteiger partial charge on any atom is -0.303 e. The quantitative estimate of drug-likeness (QED) is 0.551. The second-order valence-electron chi connectivity index (χ2n) is 3.32. The van der Waals surface area contributed by atoms with Gasteiger partial charge < -0.3 is 4.79 Å². The molecule has 0 aliphatic heterocycles. The first-order chi connectivity index (χ1) is 6.15. The fraction of sp³-hybridized carbons (Fsp3) is 0.400. The van der Waals surface area contributed by atoms with Gasteiger partial charge in [0.25, 0.3) is 0 Å². The third-order valence-corrected chi connectivity index (χ3v) is 2.21. The summed E-state index contributed by atoms with van der Waals surface area (Å²) < 4.78 is 0. The molecule has 0 aliphatic carbocycles. The third-order valence-electron chi connectivity index (χ3n) is 2.00. The highest BCUT2D eigenvalue weighted by molar-refractivity contribution is 6.29. The van der Waals surface area contributed by atoms with Crippen LogP contribution in [0.4, 0.5) is 0 Å². The van der Waals surface area contributed by atoms with E-state index in [2.05, 4.69) is 4.98 Å². The molecule has 0 spiro atoms. The number of hydrogen-bond donors (Lipinski definition) is 0. The van der Waals surface area contributed by atoms with Crippen molar-refractivity contribution in [1.29, 1.82) is 0 Å². The lowest BCUT2D eigenvalue weighted by Gasteiger charge is -2.13. The van der Waals surface area contributed by atoms with Crippen molar-refractivity contribution in [2.24, 2.45) is 5.92 Å². The first kappa shape index (κ1) is 10.2. The van der Waals surface area contributed by atoms with E-state index in [1.54, 1.807) is 12.3 Å². The van der Waals surface area contributed by atoms with Crippen LogP contribution in [0.1, 0.15) is 25.3 Å². The van der Waals surface area contributed by atoms with Gasteiger partial charge in [0.05, 0.1) is 0 Å². The molecule has 0 aliphatic rings. The molecule has 70 valence electrons. The summed E-state index contributed by atoms with van der Waals surface area (Å²) in [6, 6.07) is 3.56. The van der Waals surface area contributed by atoms with Crippen molar-refractivity contribution >= 4 is 17.9 Å². The smallest absolute Gasteiger partial charge is 0.129 e. The van der Waals surface area contributed by atoms with Gasteiger partial charge >= 0.3 is 0 Å². The average Bonchev–Trinajstić information content (AvgIpc) is 2.04. The molecule has 1 aromatic rings. The van der Waals surface area contributed by atoms with Crippen LogP contribution >= 0.6 is 11.6 Å². The zero-order valence-electron chi connectivity index (χ0n) is 7.70. The molecule has 0 saturated heterocycles. The Balaban J connectivity index is 2.98. The lowest BCUT2D eigenvalue weighted by atomic mass is 9.91. The second kappa shape index (κ2) is 4.38. The Morgan fingerprint density at radius 3 is 2.69 bits per heavy atom. The first-order valence-electron chi connectivity index (χ1n) is 4.22. The Morgan fingerprint density at radius 1 is 1.54 bits per heavy atom. The van der Waals surface area contributed by atoms with Crippen LogP contribution in [-0.4, -0.2) is 11.3 Å². The SMILES string of the molecule is CC(C)C(C=O)c1ccnc(Cl)c1. The van der Waals surface area contributed by atoms with Crippen molar-refractivity contribution in [3.63, 3.8) is 0 Å². The molecule has 0 saturated carbocycles. The number of carbonyl (C=O) groups excluding carboxylic acids is 1. The van der Waals surface area contributed by atoms with Gasteiger partial charge in [-0.2, -0.15) is 0 Å². The number of pyridine rings is 1. The van der Waals surface area contributed by atoms with Gasteiger partial charge in [-0.15, -0.1) is 0 Å². The molecule has 1 unspecified atom stereocenters. The maximum atomic E-state index is 10.8. The monoisotopic (exact) mass is 197 g/mol. The Bertz CT molecular complexity index is 299. The van der Waals surface area contributed by atoms with Gasteiger partial charge in [0.1, 0.15) is 11.4 Å². The summed E-state index contributed by atoms with van der Waals surface area (Å²) in [5.41, 5.74) is 0.935. The molecule has 1 heterocycles. The predicted octanol–water partition coefficient (Wildman–Crippen LogP) is 2.67. The minimum absolute atomic E-state index is 0.0829. The van der Waals surface area contributed by atoms with Gasteiger partial charge in [0.15, 0.2) is 0 Å². The number of carbonyl (C=O) groups is 1. The topological polar surface area (TPSA) is 30.0 Å². The van der Waals surface area contributed by atoms with Crippen LogP contribution in [0.25, 0.3) is 0 Å². The maximum Gasteiger partial charge on any atom is 0.129 e. The van der Waals surface area contributed by atoms with E-state index >= 15 is 0 Å². The number of aldehydes is 1. The predicted molar refractivity (Wildman–Crippen MR) is 52.9 cm³/mol. The highest BCUT2D eigenvalue weighted by Crippen LogP contribution is 2.23. The van der Waals surface area contributed by atoms with E-state index in [-0.39, 0.29) is 11.8 Å². The van der Waals surface area contributed by atoms with Crippen molar-refractivity contribution in [3.05, 3.63) is 29.0 Å². The molecular formula is C10H12ClNO. The Morgan fingerprint density at radius 2 is 2.23 bits per heavy atom. The van der Waals surface area contributed by atoms with Crippen LogP contribution in [0.2, 0.25) is 5.15 Å². The van der Waals surface area contributed by atoms with Crippen molar-refractivity contribution in [3.8, 4) is 0 Å². The van der Waals surface area contributed by atoms with Crippen LogP contribution in [-0.2, 0) is 4.79 Å². The van der Waals surface area contributed by atoms with Gasteiger partial charge in [-0.3, -0.25) is 0 Å². The van der Waals surface area contributed by atoms with Crippen molar-refractivity contribution < 1.29 is 4.79 Å². The van der Waals surface area contributed by atoms with E-state index in [1.165, 1.54) is 0 Å². The van der Waals surface area contributed by atoms with Crippen molar-refractivity contribution in [2.75, 3.05) is 0 Å². The fourth-order valence-corrected chi connectivity index (χ4v) is 1.43. The number of hydrogen-bond acceptors (Lipinski definition) is 2. The number of halogens is 1. The summed E-state index contributed by atoms with van der Waals surface area (Å²) in [5, 5.41) is 0.435. The molecule has 0 bridgehead atoms. The third kappa shape index (κ3) is 2.52. The second-order valence-corrected chi connectivity index (χ2v) is 3.71. The largest absolute Gasteiger partial charge is 0.303 e. The zero-order chi connectivity index (χ0) is 9.84. The summed E-state index contributed by atoms with van der Waals surface area (Å²) in [7, 11) is 0. The Hall–Kier alpha value is -0.890. The number of aromatic nitrogens is 1.